The molecular formula is C9H11N3S2. The van der Waals surface area contributed by atoms with Gasteiger partial charge >= 0.3 is 0 Å². The molecule has 2 rings (SSSR count). The first-order chi connectivity index (χ1) is 6.84. The van der Waals surface area contributed by atoms with E-state index in [1.54, 1.807) is 11.3 Å². The van der Waals surface area contributed by atoms with Gasteiger partial charge in [-0.15, -0.1) is 23.1 Å². The predicted octanol–water partition coefficient (Wildman–Crippen LogP) is 2.32. The van der Waals surface area contributed by atoms with E-state index in [4.69, 9.17) is 5.73 Å². The number of aryl methyl sites for hydroxylation is 1. The van der Waals surface area contributed by atoms with Crippen molar-refractivity contribution in [2.75, 3.05) is 11.5 Å². The third-order valence-corrected chi connectivity index (χ3v) is 3.83. The molecule has 3 nitrogen and oxygen atoms in total. The topological polar surface area (TPSA) is 43.8 Å². The van der Waals surface area contributed by atoms with Crippen molar-refractivity contribution in [2.24, 2.45) is 0 Å². The Bertz CT molecular complexity index is 380. The van der Waals surface area contributed by atoms with Gasteiger partial charge in [0.1, 0.15) is 5.82 Å². The van der Waals surface area contributed by atoms with E-state index in [2.05, 4.69) is 22.6 Å². The molecule has 0 aromatic carbocycles. The monoisotopic (exact) mass is 225 g/mol. The minimum absolute atomic E-state index is 0.589. The van der Waals surface area contributed by atoms with Gasteiger partial charge in [-0.05, 0) is 17.5 Å². The number of aromatic nitrogens is 2. The Morgan fingerprint density at radius 2 is 2.43 bits per heavy atom. The summed E-state index contributed by atoms with van der Waals surface area (Å²) in [5.41, 5.74) is 5.51. The third-order valence-electron chi connectivity index (χ3n) is 1.72. The van der Waals surface area contributed by atoms with Crippen molar-refractivity contribution in [3.63, 3.8) is 0 Å². The van der Waals surface area contributed by atoms with Crippen LogP contribution in [0.15, 0.2) is 34.0 Å². The highest BCUT2D eigenvalue weighted by molar-refractivity contribution is 8.01. The number of rotatable bonds is 4. The molecule has 0 radical (unpaired) electrons. The molecule has 0 aliphatic rings. The van der Waals surface area contributed by atoms with Crippen LogP contribution in [0.4, 0.5) is 5.82 Å². The fourth-order valence-electron chi connectivity index (χ4n) is 1.09. The van der Waals surface area contributed by atoms with E-state index in [-0.39, 0.29) is 0 Å². The van der Waals surface area contributed by atoms with Gasteiger partial charge in [0.05, 0.1) is 10.8 Å². The van der Waals surface area contributed by atoms with Gasteiger partial charge < -0.3 is 5.73 Å². The minimum atomic E-state index is 0.589. The first kappa shape index (κ1) is 9.61. The second kappa shape index (κ2) is 4.52. The molecule has 0 spiro atoms. The van der Waals surface area contributed by atoms with E-state index in [1.807, 2.05) is 28.7 Å². The van der Waals surface area contributed by atoms with Gasteiger partial charge in [-0.1, -0.05) is 6.07 Å². The normalized spacial score (nSPS) is 10.6. The van der Waals surface area contributed by atoms with Crippen LogP contribution in [0, 0.1) is 0 Å². The quantitative estimate of drug-likeness (QED) is 0.812. The van der Waals surface area contributed by atoms with Gasteiger partial charge in [-0.3, -0.25) is 4.68 Å². The summed E-state index contributed by atoms with van der Waals surface area (Å²) in [4.78, 5) is 0. The molecule has 2 aromatic heterocycles. The summed E-state index contributed by atoms with van der Waals surface area (Å²) in [7, 11) is 0. The van der Waals surface area contributed by atoms with Crippen molar-refractivity contribution in [3.8, 4) is 0 Å². The van der Waals surface area contributed by atoms with Crippen LogP contribution < -0.4 is 5.73 Å². The Labute approximate surface area is 90.9 Å². The van der Waals surface area contributed by atoms with E-state index in [0.717, 1.165) is 12.3 Å². The molecule has 0 saturated carbocycles. The van der Waals surface area contributed by atoms with Crippen LogP contribution in [0.5, 0.6) is 0 Å². The van der Waals surface area contributed by atoms with E-state index in [1.165, 1.54) is 4.21 Å². The second-order valence-corrected chi connectivity index (χ2v) is 5.13. The fraction of sp³-hybridized carbons (Fsp3) is 0.222. The molecule has 0 fully saturated rings. The zero-order valence-corrected chi connectivity index (χ0v) is 9.22. The zero-order valence-electron chi connectivity index (χ0n) is 7.59. The molecule has 74 valence electrons. The van der Waals surface area contributed by atoms with E-state index in [0.29, 0.717) is 5.82 Å². The maximum absolute atomic E-state index is 5.51. The predicted molar refractivity (Wildman–Crippen MR) is 61.7 cm³/mol. The standard InChI is InChI=1S/C9H11N3S2/c10-8-3-4-12(11-8)5-7-14-9-2-1-6-13-9/h1-4,6H,5,7H2,(H2,10,11). The number of hydrogen-bond donors (Lipinski definition) is 1. The van der Waals surface area contributed by atoms with Gasteiger partial charge in [-0.25, -0.2) is 0 Å². The van der Waals surface area contributed by atoms with Crippen LogP contribution in [-0.2, 0) is 6.54 Å². The average molecular weight is 225 g/mol. The molecule has 0 aliphatic heterocycles. The molecule has 0 amide bonds. The average Bonchev–Trinajstić information content (AvgIpc) is 2.77. The summed E-state index contributed by atoms with van der Waals surface area (Å²) in [6, 6.07) is 6.02. The summed E-state index contributed by atoms with van der Waals surface area (Å²) in [6.45, 7) is 0.903. The molecule has 2 N–H and O–H groups in total. The van der Waals surface area contributed by atoms with Crippen molar-refractivity contribution in [3.05, 3.63) is 29.8 Å². The first-order valence-electron chi connectivity index (χ1n) is 4.30. The van der Waals surface area contributed by atoms with E-state index < -0.39 is 0 Å². The van der Waals surface area contributed by atoms with Gasteiger partial charge in [0.25, 0.3) is 0 Å². The number of thioether (sulfide) groups is 1. The molecule has 0 unspecified atom stereocenters. The van der Waals surface area contributed by atoms with Crippen molar-refractivity contribution in [2.45, 2.75) is 10.8 Å². The van der Waals surface area contributed by atoms with E-state index in [9.17, 15) is 0 Å². The lowest BCUT2D eigenvalue weighted by Gasteiger charge is -1.99. The lowest BCUT2D eigenvalue weighted by Crippen LogP contribution is -2.01. The van der Waals surface area contributed by atoms with Gasteiger partial charge in [0.15, 0.2) is 0 Å². The van der Waals surface area contributed by atoms with Crippen LogP contribution in [0.3, 0.4) is 0 Å². The third kappa shape index (κ3) is 2.52. The SMILES string of the molecule is Nc1ccn(CCSc2cccs2)n1. The maximum atomic E-state index is 5.51. The first-order valence-corrected chi connectivity index (χ1v) is 6.16. The van der Waals surface area contributed by atoms with Crippen LogP contribution in [0.1, 0.15) is 0 Å². The molecule has 2 aromatic rings. The summed E-state index contributed by atoms with van der Waals surface area (Å²) < 4.78 is 3.22. The largest absolute Gasteiger partial charge is 0.382 e. The number of nitrogens with zero attached hydrogens (tertiary/aromatic N) is 2. The Morgan fingerprint density at radius 3 is 3.07 bits per heavy atom. The fourth-order valence-corrected chi connectivity index (χ4v) is 2.88. The molecule has 0 bridgehead atoms. The number of nitrogen functional groups attached to an aromatic ring is 1. The molecule has 0 atom stereocenters. The summed E-state index contributed by atoms with van der Waals surface area (Å²) in [5, 5.41) is 6.21. The Kier molecular flexibility index (Phi) is 3.10. The second-order valence-electron chi connectivity index (χ2n) is 2.78. The highest BCUT2D eigenvalue weighted by atomic mass is 32.2. The number of anilines is 1. The lowest BCUT2D eigenvalue weighted by molar-refractivity contribution is 0.670. The highest BCUT2D eigenvalue weighted by Gasteiger charge is 1.96. The molecule has 5 heteroatoms. The van der Waals surface area contributed by atoms with Gasteiger partial charge in [0.2, 0.25) is 0 Å². The Morgan fingerprint density at radius 1 is 1.50 bits per heavy atom. The van der Waals surface area contributed by atoms with Gasteiger partial charge in [0, 0.05) is 11.9 Å². The highest BCUT2D eigenvalue weighted by Crippen LogP contribution is 2.23. The summed E-state index contributed by atoms with van der Waals surface area (Å²) in [6.07, 6.45) is 1.91. The lowest BCUT2D eigenvalue weighted by atomic mass is 10.7. The number of hydrogen-bond acceptors (Lipinski definition) is 4. The molecule has 2 heterocycles. The Balaban J connectivity index is 1.78. The van der Waals surface area contributed by atoms with Crippen LogP contribution >= 0.6 is 23.1 Å². The maximum Gasteiger partial charge on any atom is 0.145 e. The molecule has 0 saturated heterocycles. The van der Waals surface area contributed by atoms with Crippen molar-refractivity contribution in [1.82, 2.24) is 9.78 Å². The summed E-state index contributed by atoms with van der Waals surface area (Å²) in [5.74, 6) is 1.62. The van der Waals surface area contributed by atoms with Crippen LogP contribution in [0.2, 0.25) is 0 Å². The van der Waals surface area contributed by atoms with Crippen molar-refractivity contribution < 1.29 is 0 Å². The van der Waals surface area contributed by atoms with E-state index >= 15 is 0 Å². The Hall–Kier alpha value is -0.940. The number of thiophene rings is 1. The molecular weight excluding hydrogens is 214 g/mol. The summed E-state index contributed by atoms with van der Waals surface area (Å²) >= 11 is 3.62. The molecule has 0 aliphatic carbocycles. The molecule has 14 heavy (non-hydrogen) atoms. The van der Waals surface area contributed by atoms with Gasteiger partial charge in [-0.2, -0.15) is 5.10 Å². The number of nitrogens with two attached hydrogens (primary N) is 1. The zero-order chi connectivity index (χ0) is 9.80. The van der Waals surface area contributed by atoms with Crippen molar-refractivity contribution in [1.29, 1.82) is 0 Å². The van der Waals surface area contributed by atoms with Crippen LogP contribution in [-0.4, -0.2) is 15.5 Å². The smallest absolute Gasteiger partial charge is 0.145 e. The minimum Gasteiger partial charge on any atom is -0.382 e. The van der Waals surface area contributed by atoms with Crippen molar-refractivity contribution >= 4 is 28.9 Å². The van der Waals surface area contributed by atoms with Crippen LogP contribution in [0.25, 0.3) is 0 Å².